The molecule has 1 aliphatic heterocycles. The molecule has 1 unspecified atom stereocenters. The lowest BCUT2D eigenvalue weighted by molar-refractivity contribution is -0.00134. The van der Waals surface area contributed by atoms with Gasteiger partial charge in [-0.05, 0) is 31.4 Å². The summed E-state index contributed by atoms with van der Waals surface area (Å²) in [5, 5.41) is 4.81. The Kier molecular flexibility index (Phi) is 3.35. The van der Waals surface area contributed by atoms with E-state index in [1.807, 2.05) is 30.3 Å². The van der Waals surface area contributed by atoms with E-state index in [4.69, 9.17) is 20.9 Å². The number of benzene rings is 1. The molecular weight excluding hydrogens is 250 g/mol. The van der Waals surface area contributed by atoms with Gasteiger partial charge in [0.05, 0.1) is 0 Å². The monoisotopic (exact) mass is 263 g/mol. The molecule has 0 N–H and O–H groups in total. The zero-order valence-corrected chi connectivity index (χ0v) is 10.7. The molecule has 2 aromatic rings. The molecule has 3 nitrogen and oxygen atoms in total. The smallest absolute Gasteiger partial charge is 0.166 e. The zero-order chi connectivity index (χ0) is 12.4. The molecule has 0 bridgehead atoms. The minimum Gasteiger partial charge on any atom is -0.370 e. The molecule has 0 spiro atoms. The van der Waals surface area contributed by atoms with E-state index < -0.39 is 0 Å². The van der Waals surface area contributed by atoms with Crippen molar-refractivity contribution in [2.75, 3.05) is 6.61 Å². The number of hydrogen-bond acceptors (Lipinski definition) is 3. The summed E-state index contributed by atoms with van der Waals surface area (Å²) in [6.07, 6.45) is 3.39. The van der Waals surface area contributed by atoms with Crippen LogP contribution in [0, 0.1) is 0 Å². The fraction of sp³-hybridized carbons (Fsp3) is 0.357. The van der Waals surface area contributed by atoms with Crippen LogP contribution in [-0.2, 0) is 4.74 Å². The molecule has 94 valence electrons. The van der Waals surface area contributed by atoms with Crippen LogP contribution in [0.4, 0.5) is 0 Å². The third kappa shape index (κ3) is 2.42. The van der Waals surface area contributed by atoms with E-state index in [0.717, 1.165) is 41.5 Å². The Labute approximate surface area is 111 Å². The largest absolute Gasteiger partial charge is 0.370 e. The van der Waals surface area contributed by atoms with Crippen LogP contribution in [0.5, 0.6) is 0 Å². The molecule has 1 saturated heterocycles. The Bertz CT molecular complexity index is 515. The Morgan fingerprint density at radius 3 is 2.72 bits per heavy atom. The van der Waals surface area contributed by atoms with Crippen molar-refractivity contribution in [1.29, 1.82) is 0 Å². The Hall–Kier alpha value is -1.32. The fourth-order valence-corrected chi connectivity index (χ4v) is 2.29. The van der Waals surface area contributed by atoms with E-state index in [1.54, 1.807) is 0 Å². The van der Waals surface area contributed by atoms with Gasteiger partial charge in [0.25, 0.3) is 0 Å². The van der Waals surface area contributed by atoms with Crippen LogP contribution in [0.25, 0.3) is 11.3 Å². The van der Waals surface area contributed by atoms with Crippen molar-refractivity contribution >= 4 is 11.6 Å². The molecule has 0 radical (unpaired) electrons. The molecule has 0 aliphatic carbocycles. The molecule has 3 rings (SSSR count). The van der Waals surface area contributed by atoms with E-state index in [2.05, 4.69) is 5.16 Å². The van der Waals surface area contributed by atoms with Crippen molar-refractivity contribution in [2.45, 2.75) is 25.4 Å². The van der Waals surface area contributed by atoms with Gasteiger partial charge in [0.2, 0.25) is 0 Å². The van der Waals surface area contributed by atoms with Gasteiger partial charge < -0.3 is 9.26 Å². The number of halogens is 1. The molecular formula is C14H14ClNO2. The summed E-state index contributed by atoms with van der Waals surface area (Å²) in [6, 6.07) is 9.53. The van der Waals surface area contributed by atoms with E-state index in [0.29, 0.717) is 0 Å². The second-order valence-corrected chi connectivity index (χ2v) is 4.91. The van der Waals surface area contributed by atoms with E-state index >= 15 is 0 Å². The number of aromatic nitrogens is 1. The van der Waals surface area contributed by atoms with E-state index in [-0.39, 0.29) is 6.10 Å². The van der Waals surface area contributed by atoms with Crippen LogP contribution in [0.3, 0.4) is 0 Å². The molecule has 18 heavy (non-hydrogen) atoms. The second kappa shape index (κ2) is 5.12. The number of hydrogen-bond donors (Lipinski definition) is 0. The summed E-state index contributed by atoms with van der Waals surface area (Å²) in [4.78, 5) is 0. The first-order chi connectivity index (χ1) is 8.83. The topological polar surface area (TPSA) is 35.3 Å². The predicted molar refractivity (Wildman–Crippen MR) is 69.5 cm³/mol. The molecule has 1 aliphatic rings. The van der Waals surface area contributed by atoms with Gasteiger partial charge in [-0.3, -0.25) is 0 Å². The second-order valence-electron chi connectivity index (χ2n) is 4.48. The third-order valence-electron chi connectivity index (χ3n) is 3.17. The van der Waals surface area contributed by atoms with Crippen molar-refractivity contribution in [3.63, 3.8) is 0 Å². The lowest BCUT2D eigenvalue weighted by Crippen LogP contribution is -2.10. The van der Waals surface area contributed by atoms with Gasteiger partial charge in [-0.25, -0.2) is 0 Å². The summed E-state index contributed by atoms with van der Waals surface area (Å²) < 4.78 is 11.1. The van der Waals surface area contributed by atoms with Crippen molar-refractivity contribution in [2.24, 2.45) is 0 Å². The highest BCUT2D eigenvalue weighted by atomic mass is 35.5. The fourth-order valence-electron chi connectivity index (χ4n) is 2.16. The van der Waals surface area contributed by atoms with Crippen LogP contribution in [0.2, 0.25) is 5.02 Å². The standard InChI is InChI=1S/C14H14ClNO2/c15-11-6-4-10(5-7-11)12-9-14(18-16-12)13-3-1-2-8-17-13/h4-7,9,13H,1-3,8H2. The molecule has 2 heterocycles. The SMILES string of the molecule is Clc1ccc(-c2cc(C3CCCCO3)on2)cc1. The van der Waals surface area contributed by atoms with Gasteiger partial charge in [-0.2, -0.15) is 0 Å². The van der Waals surface area contributed by atoms with Gasteiger partial charge in [0.1, 0.15) is 11.8 Å². The number of ether oxygens (including phenoxy) is 1. The van der Waals surface area contributed by atoms with Gasteiger partial charge >= 0.3 is 0 Å². The summed E-state index contributed by atoms with van der Waals surface area (Å²) in [7, 11) is 0. The molecule has 0 amide bonds. The van der Waals surface area contributed by atoms with Gasteiger partial charge in [0.15, 0.2) is 5.76 Å². The van der Waals surface area contributed by atoms with E-state index in [1.165, 1.54) is 6.42 Å². The maximum atomic E-state index is 5.86. The average molecular weight is 264 g/mol. The molecule has 4 heteroatoms. The van der Waals surface area contributed by atoms with Crippen LogP contribution in [-0.4, -0.2) is 11.8 Å². The van der Waals surface area contributed by atoms with Gasteiger partial charge in [-0.15, -0.1) is 0 Å². The average Bonchev–Trinajstić information content (AvgIpc) is 2.90. The Morgan fingerprint density at radius 1 is 1.17 bits per heavy atom. The molecule has 1 aromatic heterocycles. The van der Waals surface area contributed by atoms with Crippen LogP contribution < -0.4 is 0 Å². The molecule has 1 atom stereocenters. The third-order valence-corrected chi connectivity index (χ3v) is 3.42. The highest BCUT2D eigenvalue weighted by Crippen LogP contribution is 2.30. The first-order valence-corrected chi connectivity index (χ1v) is 6.55. The number of rotatable bonds is 2. The van der Waals surface area contributed by atoms with Crippen molar-refractivity contribution in [1.82, 2.24) is 5.16 Å². The quantitative estimate of drug-likeness (QED) is 0.813. The highest BCUT2D eigenvalue weighted by molar-refractivity contribution is 6.30. The highest BCUT2D eigenvalue weighted by Gasteiger charge is 2.20. The molecule has 1 aromatic carbocycles. The summed E-state index contributed by atoms with van der Waals surface area (Å²) in [6.45, 7) is 0.807. The Morgan fingerprint density at radius 2 is 2.00 bits per heavy atom. The summed E-state index contributed by atoms with van der Waals surface area (Å²) in [5.41, 5.74) is 1.83. The maximum Gasteiger partial charge on any atom is 0.166 e. The van der Waals surface area contributed by atoms with Gasteiger partial charge in [0, 0.05) is 23.3 Å². The summed E-state index contributed by atoms with van der Waals surface area (Å²) in [5.74, 6) is 0.819. The minimum atomic E-state index is 0.0623. The maximum absolute atomic E-state index is 5.86. The zero-order valence-electron chi connectivity index (χ0n) is 9.93. The molecule has 0 saturated carbocycles. The van der Waals surface area contributed by atoms with Crippen molar-refractivity contribution in [3.8, 4) is 11.3 Å². The predicted octanol–water partition coefficient (Wildman–Crippen LogP) is 4.24. The summed E-state index contributed by atoms with van der Waals surface area (Å²) >= 11 is 5.86. The van der Waals surface area contributed by atoms with Crippen LogP contribution in [0.1, 0.15) is 31.1 Å². The van der Waals surface area contributed by atoms with Crippen molar-refractivity contribution < 1.29 is 9.26 Å². The lowest BCUT2D eigenvalue weighted by atomic mass is 10.1. The van der Waals surface area contributed by atoms with Crippen molar-refractivity contribution in [3.05, 3.63) is 41.1 Å². The van der Waals surface area contributed by atoms with E-state index in [9.17, 15) is 0 Å². The van der Waals surface area contributed by atoms with Gasteiger partial charge in [-0.1, -0.05) is 28.9 Å². The normalized spacial score (nSPS) is 19.9. The Balaban J connectivity index is 1.82. The lowest BCUT2D eigenvalue weighted by Gasteiger charge is -2.19. The van der Waals surface area contributed by atoms with Crippen LogP contribution in [0.15, 0.2) is 34.9 Å². The molecule has 1 fully saturated rings. The van der Waals surface area contributed by atoms with Crippen LogP contribution >= 0.6 is 11.6 Å². The number of nitrogens with zero attached hydrogens (tertiary/aromatic N) is 1. The first kappa shape index (κ1) is 11.8. The first-order valence-electron chi connectivity index (χ1n) is 6.17. The minimum absolute atomic E-state index is 0.0623.